The minimum absolute atomic E-state index is 0.492. The molecule has 5 heteroatoms. The number of methoxy groups -OCH3 is 1. The molecule has 3 N–H and O–H groups in total. The molecule has 2 aromatic heterocycles. The van der Waals surface area contributed by atoms with E-state index in [1.165, 1.54) is 0 Å². The first-order valence-corrected chi connectivity index (χ1v) is 4.39. The van der Waals surface area contributed by atoms with Gasteiger partial charge < -0.3 is 15.5 Å². The molecule has 0 atom stereocenters. The van der Waals surface area contributed by atoms with Crippen molar-refractivity contribution in [3.63, 3.8) is 0 Å². The fourth-order valence-corrected chi connectivity index (χ4v) is 1.32. The molecule has 0 aliphatic carbocycles. The summed E-state index contributed by atoms with van der Waals surface area (Å²) >= 11 is 0. The Morgan fingerprint density at radius 2 is 2.36 bits per heavy atom. The number of hydrogen-bond donors (Lipinski definition) is 2. The minimum atomic E-state index is 0.492. The highest BCUT2D eigenvalue weighted by Gasteiger charge is 2.05. The van der Waals surface area contributed by atoms with Gasteiger partial charge in [-0.15, -0.1) is 0 Å². The summed E-state index contributed by atoms with van der Waals surface area (Å²) in [6.45, 7) is 0.607. The lowest BCUT2D eigenvalue weighted by Gasteiger charge is -2.01. The molecular formula is C9H12N4O. The third-order valence-corrected chi connectivity index (χ3v) is 2.01. The molecule has 14 heavy (non-hydrogen) atoms. The summed E-state index contributed by atoms with van der Waals surface area (Å²) in [5.74, 6) is 1.21. The van der Waals surface area contributed by atoms with Crippen molar-refractivity contribution in [2.75, 3.05) is 19.5 Å². The molecule has 0 unspecified atom stereocenters. The molecule has 2 rings (SSSR count). The van der Waals surface area contributed by atoms with Crippen LogP contribution in [0.4, 0.5) is 5.82 Å². The van der Waals surface area contributed by atoms with Gasteiger partial charge in [0, 0.05) is 19.7 Å². The van der Waals surface area contributed by atoms with Crippen LogP contribution in [0.5, 0.6) is 0 Å². The molecule has 0 amide bonds. The Morgan fingerprint density at radius 3 is 3.14 bits per heavy atom. The number of nitrogens with zero attached hydrogens (tertiary/aromatic N) is 2. The minimum Gasteiger partial charge on any atom is -0.384 e. The topological polar surface area (TPSA) is 76.8 Å². The van der Waals surface area contributed by atoms with Gasteiger partial charge in [-0.2, -0.15) is 0 Å². The first kappa shape index (κ1) is 8.96. The van der Waals surface area contributed by atoms with Gasteiger partial charge in [0.05, 0.1) is 12.1 Å². The van der Waals surface area contributed by atoms with Crippen LogP contribution in [0.1, 0.15) is 5.82 Å². The monoisotopic (exact) mass is 192 g/mol. The van der Waals surface area contributed by atoms with E-state index < -0.39 is 0 Å². The van der Waals surface area contributed by atoms with Crippen molar-refractivity contribution < 1.29 is 4.74 Å². The SMILES string of the molecule is COCCc1nc(N)c2[nH]ccc2n1. The second kappa shape index (κ2) is 3.63. The zero-order valence-electron chi connectivity index (χ0n) is 7.95. The fraction of sp³-hybridized carbons (Fsp3) is 0.333. The molecule has 0 saturated heterocycles. The van der Waals surface area contributed by atoms with E-state index in [0.29, 0.717) is 18.8 Å². The van der Waals surface area contributed by atoms with Crippen LogP contribution in [0.15, 0.2) is 12.3 Å². The molecule has 0 spiro atoms. The van der Waals surface area contributed by atoms with Gasteiger partial charge >= 0.3 is 0 Å². The summed E-state index contributed by atoms with van der Waals surface area (Å²) < 4.78 is 4.95. The lowest BCUT2D eigenvalue weighted by atomic mass is 10.3. The van der Waals surface area contributed by atoms with E-state index in [1.807, 2.05) is 6.07 Å². The maximum atomic E-state index is 5.75. The predicted molar refractivity (Wildman–Crippen MR) is 53.9 cm³/mol. The highest BCUT2D eigenvalue weighted by atomic mass is 16.5. The first-order valence-electron chi connectivity index (χ1n) is 4.39. The molecule has 2 aromatic rings. The highest BCUT2D eigenvalue weighted by molar-refractivity contribution is 5.84. The van der Waals surface area contributed by atoms with Crippen LogP contribution in [0, 0.1) is 0 Å². The highest BCUT2D eigenvalue weighted by Crippen LogP contribution is 2.15. The van der Waals surface area contributed by atoms with E-state index in [2.05, 4.69) is 15.0 Å². The second-order valence-electron chi connectivity index (χ2n) is 3.01. The second-order valence-corrected chi connectivity index (χ2v) is 3.01. The van der Waals surface area contributed by atoms with Crippen LogP contribution in [-0.4, -0.2) is 28.7 Å². The van der Waals surface area contributed by atoms with E-state index in [1.54, 1.807) is 13.3 Å². The largest absolute Gasteiger partial charge is 0.384 e. The molecular weight excluding hydrogens is 180 g/mol. The first-order chi connectivity index (χ1) is 6.81. The third-order valence-electron chi connectivity index (χ3n) is 2.01. The van der Waals surface area contributed by atoms with E-state index in [-0.39, 0.29) is 0 Å². The van der Waals surface area contributed by atoms with Crippen LogP contribution in [0.2, 0.25) is 0 Å². The predicted octanol–water partition coefficient (Wildman–Crippen LogP) is 0.729. The van der Waals surface area contributed by atoms with E-state index in [9.17, 15) is 0 Å². The van der Waals surface area contributed by atoms with Crippen molar-refractivity contribution in [2.45, 2.75) is 6.42 Å². The van der Waals surface area contributed by atoms with Gasteiger partial charge in [-0.25, -0.2) is 9.97 Å². The lowest BCUT2D eigenvalue weighted by Crippen LogP contribution is -2.03. The van der Waals surface area contributed by atoms with Crippen molar-refractivity contribution >= 4 is 16.9 Å². The van der Waals surface area contributed by atoms with E-state index in [4.69, 9.17) is 10.5 Å². The quantitative estimate of drug-likeness (QED) is 0.751. The molecule has 0 aliphatic rings. The zero-order valence-corrected chi connectivity index (χ0v) is 7.95. The molecule has 2 heterocycles. The van der Waals surface area contributed by atoms with Gasteiger partial charge in [0.15, 0.2) is 5.82 Å². The van der Waals surface area contributed by atoms with Gasteiger partial charge in [-0.1, -0.05) is 0 Å². The van der Waals surface area contributed by atoms with Crippen molar-refractivity contribution in [3.8, 4) is 0 Å². The maximum absolute atomic E-state index is 5.75. The summed E-state index contributed by atoms with van der Waals surface area (Å²) in [4.78, 5) is 11.5. The van der Waals surface area contributed by atoms with Crippen LogP contribution >= 0.6 is 0 Å². The Labute approximate surface area is 81.3 Å². The smallest absolute Gasteiger partial charge is 0.151 e. The Morgan fingerprint density at radius 1 is 1.50 bits per heavy atom. The van der Waals surface area contributed by atoms with Crippen LogP contribution in [-0.2, 0) is 11.2 Å². The Balaban J connectivity index is 2.38. The Kier molecular flexibility index (Phi) is 2.32. The van der Waals surface area contributed by atoms with Gasteiger partial charge in [-0.05, 0) is 6.07 Å². The number of aromatic amines is 1. The molecule has 74 valence electrons. The molecule has 0 saturated carbocycles. The molecule has 0 aliphatic heterocycles. The van der Waals surface area contributed by atoms with Gasteiger partial charge in [0.1, 0.15) is 11.3 Å². The average molecular weight is 192 g/mol. The number of hydrogen-bond acceptors (Lipinski definition) is 4. The fourth-order valence-electron chi connectivity index (χ4n) is 1.32. The van der Waals surface area contributed by atoms with Crippen molar-refractivity contribution in [2.24, 2.45) is 0 Å². The number of H-pyrrole nitrogens is 1. The molecule has 0 bridgehead atoms. The number of nitrogens with two attached hydrogens (primary N) is 1. The van der Waals surface area contributed by atoms with Crippen LogP contribution in [0.3, 0.4) is 0 Å². The number of fused-ring (bicyclic) bond motifs is 1. The average Bonchev–Trinajstić information content (AvgIpc) is 2.63. The molecule has 0 fully saturated rings. The summed E-state index contributed by atoms with van der Waals surface area (Å²) in [7, 11) is 1.65. The van der Waals surface area contributed by atoms with Crippen molar-refractivity contribution in [1.82, 2.24) is 15.0 Å². The van der Waals surface area contributed by atoms with Gasteiger partial charge in [0.2, 0.25) is 0 Å². The maximum Gasteiger partial charge on any atom is 0.151 e. The van der Waals surface area contributed by atoms with Crippen molar-refractivity contribution in [3.05, 3.63) is 18.1 Å². The van der Waals surface area contributed by atoms with Crippen molar-refractivity contribution in [1.29, 1.82) is 0 Å². The van der Waals surface area contributed by atoms with Crippen LogP contribution < -0.4 is 5.73 Å². The summed E-state index contributed by atoms with van der Waals surface area (Å²) in [5, 5.41) is 0. The number of anilines is 1. The van der Waals surface area contributed by atoms with Gasteiger partial charge in [-0.3, -0.25) is 0 Å². The zero-order chi connectivity index (χ0) is 9.97. The number of nitrogen functional groups attached to an aromatic ring is 1. The molecule has 0 aromatic carbocycles. The normalized spacial score (nSPS) is 10.9. The standard InChI is InChI=1S/C9H12N4O/c1-14-5-3-7-12-6-2-4-11-8(6)9(10)13-7/h2,4,11H,3,5H2,1H3,(H2,10,12,13). The van der Waals surface area contributed by atoms with Gasteiger partial charge in [0.25, 0.3) is 0 Å². The summed E-state index contributed by atoms with van der Waals surface area (Å²) in [6, 6.07) is 1.88. The number of ether oxygens (including phenoxy) is 1. The Hall–Kier alpha value is -1.62. The van der Waals surface area contributed by atoms with E-state index >= 15 is 0 Å². The Bertz CT molecular complexity index is 437. The van der Waals surface area contributed by atoms with E-state index in [0.717, 1.165) is 16.9 Å². The summed E-state index contributed by atoms with van der Waals surface area (Å²) in [6.07, 6.45) is 2.48. The number of nitrogens with one attached hydrogen (secondary N) is 1. The number of aromatic nitrogens is 3. The third kappa shape index (κ3) is 1.54. The summed E-state index contributed by atoms with van der Waals surface area (Å²) in [5.41, 5.74) is 7.40. The molecule has 0 radical (unpaired) electrons. The number of rotatable bonds is 3. The van der Waals surface area contributed by atoms with Crippen LogP contribution in [0.25, 0.3) is 11.0 Å². The molecule has 5 nitrogen and oxygen atoms in total. The lowest BCUT2D eigenvalue weighted by molar-refractivity contribution is 0.200.